The van der Waals surface area contributed by atoms with Gasteiger partial charge in [-0.2, -0.15) is 0 Å². The fourth-order valence-electron chi connectivity index (χ4n) is 1.06. The second-order valence-electron chi connectivity index (χ2n) is 2.71. The molecule has 0 aliphatic heterocycles. The Morgan fingerprint density at radius 3 is 3.21 bits per heavy atom. The largest absolute Gasteiger partial charge is 0.367 e. The number of aromatic nitrogens is 2. The van der Waals surface area contributed by atoms with Crippen LogP contribution in [0.15, 0.2) is 30.0 Å². The molecule has 0 aromatic carbocycles. The van der Waals surface area contributed by atoms with E-state index in [9.17, 15) is 4.79 Å². The minimum atomic E-state index is -0.0820. The highest BCUT2D eigenvalue weighted by Crippen LogP contribution is 2.03. The molecule has 2 aromatic rings. The van der Waals surface area contributed by atoms with Gasteiger partial charge in [-0.15, -0.1) is 11.3 Å². The van der Waals surface area contributed by atoms with Crippen LogP contribution in [-0.2, 0) is 6.54 Å². The van der Waals surface area contributed by atoms with Gasteiger partial charge in [0, 0.05) is 24.0 Å². The summed E-state index contributed by atoms with van der Waals surface area (Å²) < 4.78 is 0. The van der Waals surface area contributed by atoms with Gasteiger partial charge in [-0.3, -0.25) is 4.79 Å². The molecule has 2 N–H and O–H groups in total. The average Bonchev–Trinajstić information content (AvgIpc) is 2.87. The molecule has 0 bridgehead atoms. The van der Waals surface area contributed by atoms with Crippen LogP contribution in [0.3, 0.4) is 0 Å². The van der Waals surface area contributed by atoms with Crippen LogP contribution in [-0.4, -0.2) is 15.9 Å². The molecule has 0 aliphatic carbocycles. The molecule has 2 aromatic heterocycles. The molecule has 0 saturated carbocycles. The van der Waals surface area contributed by atoms with Crippen molar-refractivity contribution in [2.75, 3.05) is 0 Å². The molecule has 0 aliphatic rings. The van der Waals surface area contributed by atoms with Crippen LogP contribution in [0, 0.1) is 0 Å². The molecular formula is C9H9N3OS. The molecule has 4 nitrogen and oxygen atoms in total. The van der Waals surface area contributed by atoms with E-state index in [0.29, 0.717) is 12.1 Å². The van der Waals surface area contributed by atoms with Crippen LogP contribution in [0.1, 0.15) is 15.4 Å². The lowest BCUT2D eigenvalue weighted by Crippen LogP contribution is -2.22. The van der Waals surface area contributed by atoms with Gasteiger partial charge in [0.15, 0.2) is 0 Å². The Labute approximate surface area is 85.0 Å². The molecule has 0 spiro atoms. The summed E-state index contributed by atoms with van der Waals surface area (Å²) in [5, 5.41) is 5.57. The lowest BCUT2D eigenvalue weighted by molar-refractivity contribution is 0.0951. The summed E-state index contributed by atoms with van der Waals surface area (Å²) in [5.41, 5.74) is 0.640. The highest BCUT2D eigenvalue weighted by Gasteiger charge is 2.05. The van der Waals surface area contributed by atoms with Crippen molar-refractivity contribution in [1.29, 1.82) is 0 Å². The molecule has 2 heterocycles. The lowest BCUT2D eigenvalue weighted by Gasteiger charge is -1.99. The highest BCUT2D eigenvalue weighted by atomic mass is 32.1. The molecule has 14 heavy (non-hydrogen) atoms. The normalized spacial score (nSPS) is 10.0. The van der Waals surface area contributed by atoms with E-state index in [-0.39, 0.29) is 5.91 Å². The maximum Gasteiger partial charge on any atom is 0.253 e. The van der Waals surface area contributed by atoms with Crippen molar-refractivity contribution in [1.82, 2.24) is 15.3 Å². The molecule has 2 rings (SSSR count). The van der Waals surface area contributed by atoms with Crippen molar-refractivity contribution in [3.63, 3.8) is 0 Å². The zero-order chi connectivity index (χ0) is 9.80. The van der Waals surface area contributed by atoms with E-state index in [1.54, 1.807) is 24.7 Å². The number of aromatic amines is 1. The van der Waals surface area contributed by atoms with E-state index in [2.05, 4.69) is 15.3 Å². The first-order valence-corrected chi connectivity index (χ1v) is 5.03. The first-order valence-electron chi connectivity index (χ1n) is 4.15. The van der Waals surface area contributed by atoms with Crippen LogP contribution in [0.4, 0.5) is 0 Å². The number of hydrogen-bond acceptors (Lipinski definition) is 3. The fraction of sp³-hybridized carbons (Fsp3) is 0.111. The molecule has 0 unspecified atom stereocenters. The predicted octanol–water partition coefficient (Wildman–Crippen LogP) is 1.40. The Morgan fingerprint density at radius 2 is 2.57 bits per heavy atom. The minimum absolute atomic E-state index is 0.0820. The van der Waals surface area contributed by atoms with E-state index in [1.807, 2.05) is 5.38 Å². The monoisotopic (exact) mass is 207 g/mol. The van der Waals surface area contributed by atoms with Crippen LogP contribution >= 0.6 is 11.3 Å². The van der Waals surface area contributed by atoms with Gasteiger partial charge < -0.3 is 10.3 Å². The molecule has 0 atom stereocenters. The Bertz CT molecular complexity index is 394. The maximum atomic E-state index is 11.4. The van der Waals surface area contributed by atoms with Gasteiger partial charge in [0.25, 0.3) is 5.91 Å². The summed E-state index contributed by atoms with van der Waals surface area (Å²) in [5.74, 6) is -0.0820. The van der Waals surface area contributed by atoms with Crippen molar-refractivity contribution >= 4 is 17.2 Å². The second kappa shape index (κ2) is 4.06. The Balaban J connectivity index is 1.90. The summed E-state index contributed by atoms with van der Waals surface area (Å²) >= 11 is 1.53. The zero-order valence-corrected chi connectivity index (χ0v) is 8.17. The van der Waals surface area contributed by atoms with Crippen LogP contribution < -0.4 is 5.32 Å². The zero-order valence-electron chi connectivity index (χ0n) is 7.36. The van der Waals surface area contributed by atoms with E-state index >= 15 is 0 Å². The average molecular weight is 207 g/mol. The Hall–Kier alpha value is -1.62. The first-order chi connectivity index (χ1) is 6.86. The van der Waals surface area contributed by atoms with E-state index in [4.69, 9.17) is 0 Å². The number of nitrogens with zero attached hydrogens (tertiary/aromatic N) is 1. The number of rotatable bonds is 3. The predicted molar refractivity (Wildman–Crippen MR) is 54.1 cm³/mol. The number of nitrogens with one attached hydrogen (secondary N) is 2. The molecule has 0 radical (unpaired) electrons. The van der Waals surface area contributed by atoms with E-state index in [0.717, 1.165) is 5.01 Å². The summed E-state index contributed by atoms with van der Waals surface area (Å²) in [4.78, 5) is 18.3. The number of carbonyl (C=O) groups excluding carboxylic acids is 1. The van der Waals surface area contributed by atoms with Crippen LogP contribution in [0.2, 0.25) is 0 Å². The molecule has 1 amide bonds. The van der Waals surface area contributed by atoms with Gasteiger partial charge in [0.1, 0.15) is 5.01 Å². The first kappa shape index (κ1) is 8.96. The van der Waals surface area contributed by atoms with Crippen molar-refractivity contribution in [3.8, 4) is 0 Å². The Kier molecular flexibility index (Phi) is 2.60. The van der Waals surface area contributed by atoms with Gasteiger partial charge in [-0.1, -0.05) is 0 Å². The van der Waals surface area contributed by atoms with Crippen molar-refractivity contribution in [3.05, 3.63) is 40.6 Å². The van der Waals surface area contributed by atoms with Gasteiger partial charge in [0.2, 0.25) is 0 Å². The summed E-state index contributed by atoms with van der Waals surface area (Å²) in [6, 6.07) is 1.73. The number of H-pyrrole nitrogens is 1. The third-order valence-corrected chi connectivity index (χ3v) is 2.52. The molecule has 0 saturated heterocycles. The molecule has 0 fully saturated rings. The van der Waals surface area contributed by atoms with Crippen molar-refractivity contribution < 1.29 is 4.79 Å². The highest BCUT2D eigenvalue weighted by molar-refractivity contribution is 7.09. The standard InChI is InChI=1S/C9H9N3OS/c13-9(7-1-2-10-5-7)12-6-8-11-3-4-14-8/h1-5,10H,6H2,(H,12,13). The molecular weight excluding hydrogens is 198 g/mol. The quantitative estimate of drug-likeness (QED) is 0.799. The molecule has 72 valence electrons. The summed E-state index contributed by atoms with van der Waals surface area (Å²) in [6.07, 6.45) is 5.11. The summed E-state index contributed by atoms with van der Waals surface area (Å²) in [7, 11) is 0. The minimum Gasteiger partial charge on any atom is -0.367 e. The topological polar surface area (TPSA) is 57.8 Å². The maximum absolute atomic E-state index is 11.4. The van der Waals surface area contributed by atoms with Gasteiger partial charge in [0.05, 0.1) is 12.1 Å². The van der Waals surface area contributed by atoms with Gasteiger partial charge in [-0.05, 0) is 6.07 Å². The van der Waals surface area contributed by atoms with Gasteiger partial charge in [-0.25, -0.2) is 4.98 Å². The number of hydrogen-bond donors (Lipinski definition) is 2. The third kappa shape index (κ3) is 2.00. The van der Waals surface area contributed by atoms with E-state index < -0.39 is 0 Å². The van der Waals surface area contributed by atoms with Crippen molar-refractivity contribution in [2.45, 2.75) is 6.54 Å². The van der Waals surface area contributed by atoms with Crippen LogP contribution in [0.5, 0.6) is 0 Å². The Morgan fingerprint density at radius 1 is 1.64 bits per heavy atom. The summed E-state index contributed by atoms with van der Waals surface area (Å²) in [6.45, 7) is 0.488. The third-order valence-electron chi connectivity index (χ3n) is 1.74. The van der Waals surface area contributed by atoms with Crippen LogP contribution in [0.25, 0.3) is 0 Å². The number of carbonyl (C=O) groups is 1. The number of thiazole rings is 1. The lowest BCUT2D eigenvalue weighted by atomic mass is 10.3. The van der Waals surface area contributed by atoms with Gasteiger partial charge >= 0.3 is 0 Å². The SMILES string of the molecule is O=C(NCc1nccs1)c1cc[nH]c1. The smallest absolute Gasteiger partial charge is 0.253 e. The van der Waals surface area contributed by atoms with E-state index in [1.165, 1.54) is 11.3 Å². The molecule has 5 heteroatoms. The number of amides is 1. The second-order valence-corrected chi connectivity index (χ2v) is 3.69. The van der Waals surface area contributed by atoms with Crippen molar-refractivity contribution in [2.24, 2.45) is 0 Å². The fourth-order valence-corrected chi connectivity index (χ4v) is 1.62.